The summed E-state index contributed by atoms with van der Waals surface area (Å²) in [6.07, 6.45) is 6.02. The van der Waals surface area contributed by atoms with Crippen LogP contribution in [0.15, 0.2) is 29.2 Å². The van der Waals surface area contributed by atoms with E-state index in [-0.39, 0.29) is 23.5 Å². The second-order valence-electron chi connectivity index (χ2n) is 7.43. The maximum absolute atomic E-state index is 12.4. The van der Waals surface area contributed by atoms with Crippen molar-refractivity contribution in [2.75, 3.05) is 19.7 Å². The highest BCUT2D eigenvalue weighted by atomic mass is 32.2. The zero-order valence-corrected chi connectivity index (χ0v) is 16.1. The van der Waals surface area contributed by atoms with Gasteiger partial charge in [-0.1, -0.05) is 19.8 Å². The molecule has 7 heteroatoms. The number of hydrogen-bond donors (Lipinski definition) is 1. The quantitative estimate of drug-likeness (QED) is 0.823. The van der Waals surface area contributed by atoms with E-state index in [0.717, 1.165) is 51.6 Å². The lowest BCUT2D eigenvalue weighted by atomic mass is 9.99. The van der Waals surface area contributed by atoms with E-state index in [1.165, 1.54) is 12.1 Å². The molecule has 0 aromatic heterocycles. The lowest BCUT2D eigenvalue weighted by molar-refractivity contribution is -0.134. The van der Waals surface area contributed by atoms with E-state index in [1.54, 1.807) is 12.1 Å². The highest BCUT2D eigenvalue weighted by Gasteiger charge is 2.23. The zero-order valence-electron chi connectivity index (χ0n) is 15.3. The van der Waals surface area contributed by atoms with Crippen molar-refractivity contribution in [2.45, 2.75) is 56.4 Å². The summed E-state index contributed by atoms with van der Waals surface area (Å²) in [5, 5.41) is 0. The third-order valence-corrected chi connectivity index (χ3v) is 6.85. The van der Waals surface area contributed by atoms with E-state index in [1.807, 2.05) is 4.90 Å². The van der Waals surface area contributed by atoms with Crippen molar-refractivity contribution in [3.05, 3.63) is 24.3 Å². The molecule has 1 aromatic carbocycles. The largest absolute Gasteiger partial charge is 0.484 e. The number of ether oxygens (including phenoxy) is 1. The molecule has 3 rings (SSSR count). The van der Waals surface area contributed by atoms with Gasteiger partial charge in [-0.15, -0.1) is 0 Å². The summed E-state index contributed by atoms with van der Waals surface area (Å²) in [4.78, 5) is 14.3. The second kappa shape index (κ2) is 8.39. The number of likely N-dealkylation sites (tertiary alicyclic amines) is 1. The van der Waals surface area contributed by atoms with Crippen molar-refractivity contribution in [1.82, 2.24) is 9.62 Å². The number of rotatable bonds is 6. The van der Waals surface area contributed by atoms with E-state index < -0.39 is 10.0 Å². The standard InChI is InChI=1S/C19H28N2O4S/c1-15-10-12-21(13-11-15)19(22)14-25-17-6-8-18(9-7-17)26(23,24)20-16-4-2-3-5-16/h6-9,15-16,20H,2-5,10-14H2,1H3. The number of sulfonamides is 1. The van der Waals surface area contributed by atoms with Crippen molar-refractivity contribution in [2.24, 2.45) is 5.92 Å². The van der Waals surface area contributed by atoms with E-state index in [2.05, 4.69) is 11.6 Å². The Bertz CT molecular complexity index is 704. The second-order valence-corrected chi connectivity index (χ2v) is 9.14. The molecule has 0 spiro atoms. The van der Waals surface area contributed by atoms with Crippen LogP contribution in [0.3, 0.4) is 0 Å². The molecule has 2 aliphatic rings. The Balaban J connectivity index is 1.51. The van der Waals surface area contributed by atoms with Crippen LogP contribution >= 0.6 is 0 Å². The molecule has 26 heavy (non-hydrogen) atoms. The topological polar surface area (TPSA) is 75.7 Å². The fourth-order valence-electron chi connectivity index (χ4n) is 3.54. The third-order valence-electron chi connectivity index (χ3n) is 5.31. The predicted molar refractivity (Wildman–Crippen MR) is 99.5 cm³/mol. The van der Waals surface area contributed by atoms with Crippen LogP contribution in [0, 0.1) is 5.92 Å². The Morgan fingerprint density at radius 2 is 1.73 bits per heavy atom. The van der Waals surface area contributed by atoms with Gasteiger partial charge in [0.1, 0.15) is 5.75 Å². The molecule has 0 bridgehead atoms. The van der Waals surface area contributed by atoms with Gasteiger partial charge in [-0.2, -0.15) is 0 Å². The van der Waals surface area contributed by atoms with Crippen molar-refractivity contribution in [1.29, 1.82) is 0 Å². The Morgan fingerprint density at radius 3 is 2.35 bits per heavy atom. The monoisotopic (exact) mass is 380 g/mol. The molecule has 0 unspecified atom stereocenters. The number of carbonyl (C=O) groups is 1. The van der Waals surface area contributed by atoms with Gasteiger partial charge in [-0.3, -0.25) is 4.79 Å². The average Bonchev–Trinajstić information content (AvgIpc) is 3.13. The van der Waals surface area contributed by atoms with Crippen LogP contribution in [0.25, 0.3) is 0 Å². The van der Waals surface area contributed by atoms with Crippen molar-refractivity contribution < 1.29 is 17.9 Å². The summed E-state index contributed by atoms with van der Waals surface area (Å²) in [5.74, 6) is 1.16. The van der Waals surface area contributed by atoms with E-state index >= 15 is 0 Å². The molecule has 0 atom stereocenters. The van der Waals surface area contributed by atoms with Crippen LogP contribution in [0.4, 0.5) is 0 Å². The molecule has 1 saturated heterocycles. The van der Waals surface area contributed by atoms with Gasteiger partial charge in [0.25, 0.3) is 5.91 Å². The van der Waals surface area contributed by atoms with Crippen LogP contribution in [-0.4, -0.2) is 45.0 Å². The minimum Gasteiger partial charge on any atom is -0.484 e. The maximum Gasteiger partial charge on any atom is 0.260 e. The van der Waals surface area contributed by atoms with Crippen LogP contribution < -0.4 is 9.46 Å². The normalized spacial score (nSPS) is 19.7. The first-order valence-electron chi connectivity index (χ1n) is 9.47. The average molecular weight is 381 g/mol. The molecule has 1 heterocycles. The Labute approximate surface area is 156 Å². The first-order chi connectivity index (χ1) is 12.4. The highest BCUT2D eigenvalue weighted by molar-refractivity contribution is 7.89. The minimum atomic E-state index is -3.49. The van der Waals surface area contributed by atoms with Crippen LogP contribution in [0.1, 0.15) is 45.4 Å². The van der Waals surface area contributed by atoms with Gasteiger partial charge in [-0.05, 0) is 55.9 Å². The smallest absolute Gasteiger partial charge is 0.260 e. The molecule has 6 nitrogen and oxygen atoms in total. The zero-order chi connectivity index (χ0) is 18.6. The summed E-state index contributed by atoms with van der Waals surface area (Å²) in [6.45, 7) is 3.76. The molecule has 1 N–H and O–H groups in total. The fraction of sp³-hybridized carbons (Fsp3) is 0.632. The predicted octanol–water partition coefficient (Wildman–Crippen LogP) is 2.54. The maximum atomic E-state index is 12.4. The summed E-state index contributed by atoms with van der Waals surface area (Å²) in [7, 11) is -3.49. The molecular formula is C19H28N2O4S. The molecule has 1 aliphatic heterocycles. The summed E-state index contributed by atoms with van der Waals surface area (Å²) in [6, 6.07) is 6.31. The molecule has 1 saturated carbocycles. The van der Waals surface area contributed by atoms with Gasteiger partial charge in [0.05, 0.1) is 4.90 Å². The molecule has 0 radical (unpaired) electrons. The molecule has 1 amide bonds. The Kier molecular flexibility index (Phi) is 6.19. The fourth-order valence-corrected chi connectivity index (χ4v) is 4.85. The molecule has 1 aromatic rings. The Hall–Kier alpha value is -1.60. The number of nitrogens with one attached hydrogen (secondary N) is 1. The number of benzene rings is 1. The Morgan fingerprint density at radius 1 is 1.12 bits per heavy atom. The number of amides is 1. The number of carbonyl (C=O) groups excluding carboxylic acids is 1. The van der Waals surface area contributed by atoms with Gasteiger partial charge in [0, 0.05) is 19.1 Å². The summed E-state index contributed by atoms with van der Waals surface area (Å²) in [5.41, 5.74) is 0. The van der Waals surface area contributed by atoms with E-state index in [0.29, 0.717) is 11.7 Å². The van der Waals surface area contributed by atoms with Crippen LogP contribution in [0.5, 0.6) is 5.75 Å². The van der Waals surface area contributed by atoms with Gasteiger partial charge in [0.15, 0.2) is 6.61 Å². The van der Waals surface area contributed by atoms with E-state index in [4.69, 9.17) is 4.74 Å². The highest BCUT2D eigenvalue weighted by Crippen LogP contribution is 2.22. The lowest BCUT2D eigenvalue weighted by Gasteiger charge is -2.30. The van der Waals surface area contributed by atoms with Gasteiger partial charge in [-0.25, -0.2) is 13.1 Å². The molecular weight excluding hydrogens is 352 g/mol. The molecule has 144 valence electrons. The van der Waals surface area contributed by atoms with Gasteiger partial charge >= 0.3 is 0 Å². The van der Waals surface area contributed by atoms with Crippen LogP contribution in [-0.2, 0) is 14.8 Å². The SMILES string of the molecule is CC1CCN(C(=O)COc2ccc(S(=O)(=O)NC3CCCC3)cc2)CC1. The van der Waals surface area contributed by atoms with Gasteiger partial charge in [0.2, 0.25) is 10.0 Å². The molecule has 1 aliphatic carbocycles. The lowest BCUT2D eigenvalue weighted by Crippen LogP contribution is -2.40. The summed E-state index contributed by atoms with van der Waals surface area (Å²) >= 11 is 0. The third kappa shape index (κ3) is 4.98. The summed E-state index contributed by atoms with van der Waals surface area (Å²) < 4.78 is 33.1. The van der Waals surface area contributed by atoms with Crippen molar-refractivity contribution in [3.63, 3.8) is 0 Å². The van der Waals surface area contributed by atoms with Crippen molar-refractivity contribution in [3.8, 4) is 5.75 Å². The first-order valence-corrected chi connectivity index (χ1v) is 11.0. The van der Waals surface area contributed by atoms with E-state index in [9.17, 15) is 13.2 Å². The number of nitrogens with zero attached hydrogens (tertiary/aromatic N) is 1. The van der Waals surface area contributed by atoms with Gasteiger partial charge < -0.3 is 9.64 Å². The minimum absolute atomic E-state index is 0.0131. The molecule has 2 fully saturated rings. The van der Waals surface area contributed by atoms with Crippen LogP contribution in [0.2, 0.25) is 0 Å². The van der Waals surface area contributed by atoms with Crippen molar-refractivity contribution >= 4 is 15.9 Å². The first kappa shape index (κ1) is 19.2. The number of piperidine rings is 1. The number of hydrogen-bond acceptors (Lipinski definition) is 4.